The zero-order valence-corrected chi connectivity index (χ0v) is 22.7. The van der Waals surface area contributed by atoms with Gasteiger partial charge in [-0.3, -0.25) is 9.59 Å². The first-order chi connectivity index (χ1) is 18.9. The molecule has 0 fully saturated rings. The smallest absolute Gasteiger partial charge is 0.345 e. The minimum absolute atomic E-state index is 0.205. The van der Waals surface area contributed by atoms with E-state index in [-0.39, 0.29) is 17.2 Å². The number of hydrogen-bond acceptors (Lipinski definition) is 8. The van der Waals surface area contributed by atoms with Crippen molar-refractivity contribution in [2.24, 2.45) is 5.10 Å². The van der Waals surface area contributed by atoms with Crippen molar-refractivity contribution in [1.29, 1.82) is 0 Å². The highest BCUT2D eigenvalue weighted by molar-refractivity contribution is 7.17. The van der Waals surface area contributed by atoms with Crippen LogP contribution in [0.3, 0.4) is 0 Å². The lowest BCUT2D eigenvalue weighted by Crippen LogP contribution is -2.32. The molecular weight excluding hydrogens is 542 g/mol. The molecule has 0 radical (unpaired) electrons. The number of esters is 2. The number of aryl methyl sites for hydroxylation is 1. The SMILES string of the molecule is CCOC(=O)c1c(NC(=O)C(=O)N/N=C/c2ccc(OC(=O)c3ccccc3Cl)cc2)sc2c1CCCCC2. The number of fused-ring (bicyclic) bond motifs is 1. The van der Waals surface area contributed by atoms with Crippen LogP contribution in [0.5, 0.6) is 5.75 Å². The number of rotatable bonds is 7. The van der Waals surface area contributed by atoms with Gasteiger partial charge >= 0.3 is 23.8 Å². The summed E-state index contributed by atoms with van der Waals surface area (Å²) in [6.07, 6.45) is 5.90. The molecule has 11 heteroatoms. The van der Waals surface area contributed by atoms with Crippen molar-refractivity contribution >= 4 is 57.9 Å². The second-order valence-electron chi connectivity index (χ2n) is 8.58. The number of thiophene rings is 1. The van der Waals surface area contributed by atoms with E-state index in [2.05, 4.69) is 15.8 Å². The normalized spacial score (nSPS) is 12.8. The molecule has 0 atom stereocenters. The standard InChI is InChI=1S/C28H26ClN3O6S/c1-2-37-28(36)23-20-9-4-3-5-11-22(20)39-26(23)31-24(33)25(34)32-30-16-17-12-14-18(15-13-17)38-27(35)19-8-6-7-10-21(19)29/h6-8,10,12-16H,2-5,9,11H2,1H3,(H,31,33)(H,32,34)/b30-16+. The Morgan fingerprint density at radius 3 is 2.46 bits per heavy atom. The van der Waals surface area contributed by atoms with E-state index < -0.39 is 23.8 Å². The maximum absolute atomic E-state index is 12.6. The number of carbonyl (C=O) groups is 4. The van der Waals surface area contributed by atoms with E-state index in [1.807, 2.05) is 0 Å². The van der Waals surface area contributed by atoms with E-state index in [4.69, 9.17) is 21.1 Å². The molecule has 0 bridgehead atoms. The molecule has 0 saturated heterocycles. The molecule has 2 aromatic carbocycles. The highest BCUT2D eigenvalue weighted by Crippen LogP contribution is 2.38. The first-order valence-electron chi connectivity index (χ1n) is 12.4. The third-order valence-corrected chi connectivity index (χ3v) is 7.44. The van der Waals surface area contributed by atoms with Gasteiger partial charge in [-0.1, -0.05) is 30.2 Å². The highest BCUT2D eigenvalue weighted by atomic mass is 35.5. The fraction of sp³-hybridized carbons (Fsp3) is 0.250. The molecule has 3 aromatic rings. The van der Waals surface area contributed by atoms with Gasteiger partial charge in [0.25, 0.3) is 0 Å². The van der Waals surface area contributed by atoms with E-state index in [1.165, 1.54) is 17.6 Å². The molecule has 4 rings (SSSR count). The fourth-order valence-corrected chi connectivity index (χ4v) is 5.52. The molecule has 1 aromatic heterocycles. The summed E-state index contributed by atoms with van der Waals surface area (Å²) in [6, 6.07) is 12.9. The summed E-state index contributed by atoms with van der Waals surface area (Å²) in [5.74, 6) is -2.74. The van der Waals surface area contributed by atoms with Gasteiger partial charge in [-0.2, -0.15) is 5.10 Å². The van der Waals surface area contributed by atoms with Gasteiger partial charge in [-0.15, -0.1) is 11.3 Å². The fourth-order valence-electron chi connectivity index (χ4n) is 4.04. The molecule has 2 amide bonds. The number of amides is 2. The Labute approximate surface area is 234 Å². The van der Waals surface area contributed by atoms with Crippen molar-refractivity contribution in [1.82, 2.24) is 5.43 Å². The van der Waals surface area contributed by atoms with Gasteiger partial charge in [0.15, 0.2) is 0 Å². The number of carbonyl (C=O) groups excluding carboxylic acids is 4. The second kappa shape index (κ2) is 13.2. The van der Waals surface area contributed by atoms with Crippen LogP contribution >= 0.6 is 22.9 Å². The Bertz CT molecular complexity index is 1420. The van der Waals surface area contributed by atoms with E-state index in [9.17, 15) is 19.2 Å². The Balaban J connectivity index is 1.35. The molecule has 39 heavy (non-hydrogen) atoms. The van der Waals surface area contributed by atoms with Crippen molar-refractivity contribution in [2.45, 2.75) is 39.0 Å². The molecule has 0 aliphatic heterocycles. The largest absolute Gasteiger partial charge is 0.462 e. The van der Waals surface area contributed by atoms with Gasteiger partial charge in [0.05, 0.1) is 29.0 Å². The van der Waals surface area contributed by atoms with Crippen LogP contribution in [0.25, 0.3) is 0 Å². The van der Waals surface area contributed by atoms with Crippen molar-refractivity contribution in [3.05, 3.63) is 80.7 Å². The van der Waals surface area contributed by atoms with E-state index in [0.717, 1.165) is 42.5 Å². The molecule has 1 aliphatic rings. The van der Waals surface area contributed by atoms with Gasteiger partial charge in [-0.05, 0) is 80.1 Å². The van der Waals surface area contributed by atoms with Crippen LogP contribution < -0.4 is 15.5 Å². The average Bonchev–Trinajstić information content (AvgIpc) is 3.09. The lowest BCUT2D eigenvalue weighted by molar-refractivity contribution is -0.136. The van der Waals surface area contributed by atoms with Crippen molar-refractivity contribution in [2.75, 3.05) is 11.9 Å². The Hall–Kier alpha value is -4.02. The number of anilines is 1. The number of hydrogen-bond donors (Lipinski definition) is 2. The topological polar surface area (TPSA) is 123 Å². The van der Waals surface area contributed by atoms with Gasteiger partial charge < -0.3 is 14.8 Å². The summed E-state index contributed by atoms with van der Waals surface area (Å²) < 4.78 is 10.5. The summed E-state index contributed by atoms with van der Waals surface area (Å²) in [5, 5.41) is 6.97. The molecule has 9 nitrogen and oxygen atoms in total. The molecular formula is C28H26ClN3O6S. The predicted octanol–water partition coefficient (Wildman–Crippen LogP) is 5.16. The van der Waals surface area contributed by atoms with Crippen molar-refractivity contribution in [3.8, 4) is 5.75 Å². The van der Waals surface area contributed by atoms with E-state index in [1.54, 1.807) is 55.5 Å². The summed E-state index contributed by atoms with van der Waals surface area (Å²) in [7, 11) is 0. The number of benzene rings is 2. The van der Waals surface area contributed by atoms with Crippen LogP contribution in [0.15, 0.2) is 53.6 Å². The number of hydrazone groups is 1. The predicted molar refractivity (Wildman–Crippen MR) is 149 cm³/mol. The Morgan fingerprint density at radius 1 is 0.974 bits per heavy atom. The Kier molecular flexibility index (Phi) is 9.45. The zero-order valence-electron chi connectivity index (χ0n) is 21.1. The number of nitrogens with one attached hydrogen (secondary N) is 2. The summed E-state index contributed by atoms with van der Waals surface area (Å²) >= 11 is 7.33. The zero-order chi connectivity index (χ0) is 27.8. The molecule has 1 heterocycles. The monoisotopic (exact) mass is 567 g/mol. The summed E-state index contributed by atoms with van der Waals surface area (Å²) in [5.41, 5.74) is 4.24. The van der Waals surface area contributed by atoms with E-state index in [0.29, 0.717) is 21.9 Å². The van der Waals surface area contributed by atoms with Crippen LogP contribution in [-0.2, 0) is 27.2 Å². The van der Waals surface area contributed by atoms with Crippen LogP contribution in [0.4, 0.5) is 5.00 Å². The number of halogens is 1. The summed E-state index contributed by atoms with van der Waals surface area (Å²) in [6.45, 7) is 1.92. The van der Waals surface area contributed by atoms with E-state index >= 15 is 0 Å². The van der Waals surface area contributed by atoms with Gasteiger partial charge in [-0.25, -0.2) is 15.0 Å². The van der Waals surface area contributed by atoms with Crippen molar-refractivity contribution < 1.29 is 28.7 Å². The number of ether oxygens (including phenoxy) is 2. The molecule has 0 spiro atoms. The van der Waals surface area contributed by atoms with Crippen LogP contribution in [0, 0.1) is 0 Å². The van der Waals surface area contributed by atoms with Gasteiger partial charge in [0.1, 0.15) is 10.8 Å². The highest BCUT2D eigenvalue weighted by Gasteiger charge is 2.27. The van der Waals surface area contributed by atoms with Gasteiger partial charge in [0.2, 0.25) is 0 Å². The average molecular weight is 568 g/mol. The molecule has 1 aliphatic carbocycles. The minimum atomic E-state index is -0.991. The second-order valence-corrected chi connectivity index (χ2v) is 10.1. The first kappa shape index (κ1) is 28.0. The molecule has 202 valence electrons. The van der Waals surface area contributed by atoms with Crippen molar-refractivity contribution in [3.63, 3.8) is 0 Å². The summed E-state index contributed by atoms with van der Waals surface area (Å²) in [4.78, 5) is 50.9. The third kappa shape index (κ3) is 7.10. The quantitative estimate of drug-likeness (QED) is 0.102. The number of nitrogens with zero attached hydrogens (tertiary/aromatic N) is 1. The van der Waals surface area contributed by atoms with Crippen LogP contribution in [0.1, 0.15) is 62.9 Å². The molecule has 2 N–H and O–H groups in total. The first-order valence-corrected chi connectivity index (χ1v) is 13.6. The third-order valence-electron chi connectivity index (χ3n) is 5.90. The van der Waals surface area contributed by atoms with Crippen LogP contribution in [0.2, 0.25) is 5.02 Å². The maximum atomic E-state index is 12.6. The lowest BCUT2D eigenvalue weighted by Gasteiger charge is -2.08. The molecule has 0 unspecified atom stereocenters. The lowest BCUT2D eigenvalue weighted by atomic mass is 10.1. The van der Waals surface area contributed by atoms with Crippen LogP contribution in [-0.4, -0.2) is 36.6 Å². The minimum Gasteiger partial charge on any atom is -0.462 e. The maximum Gasteiger partial charge on any atom is 0.345 e. The Morgan fingerprint density at radius 2 is 1.72 bits per heavy atom. The van der Waals surface area contributed by atoms with Gasteiger partial charge in [0, 0.05) is 4.88 Å². The molecule has 0 saturated carbocycles.